The lowest BCUT2D eigenvalue weighted by Gasteiger charge is -2.32. The van der Waals surface area contributed by atoms with Gasteiger partial charge < -0.3 is 16.5 Å². The monoisotopic (exact) mass is 202 g/mol. The van der Waals surface area contributed by atoms with Gasteiger partial charge in [0.05, 0.1) is 0 Å². The highest BCUT2D eigenvalue weighted by atomic mass is 32.2. The topological polar surface area (TPSA) is 67.6 Å². The summed E-state index contributed by atoms with van der Waals surface area (Å²) in [4.78, 5) is 2.07. The molecule has 0 saturated carbocycles. The second kappa shape index (κ2) is 5.21. The Morgan fingerprint density at radius 3 is 3.08 bits per heavy atom. The highest BCUT2D eigenvalue weighted by molar-refractivity contribution is 7.98. The van der Waals surface area contributed by atoms with E-state index in [0.717, 1.165) is 19.0 Å². The predicted octanol–water partition coefficient (Wildman–Crippen LogP) is 0.250. The summed E-state index contributed by atoms with van der Waals surface area (Å²) in [7, 11) is 0. The minimum atomic E-state index is 0.478. The van der Waals surface area contributed by atoms with E-state index in [1.165, 1.54) is 18.6 Å². The maximum atomic E-state index is 5.65. The number of hydrogen-bond donors (Lipinski definition) is 2. The lowest BCUT2D eigenvalue weighted by atomic mass is 10.0. The van der Waals surface area contributed by atoms with Gasteiger partial charge in [-0.2, -0.15) is 11.8 Å². The van der Waals surface area contributed by atoms with Crippen LogP contribution in [0.25, 0.3) is 0 Å². The second-order valence-corrected chi connectivity index (χ2v) is 4.31. The van der Waals surface area contributed by atoms with Crippen molar-refractivity contribution in [1.82, 2.24) is 4.90 Å². The Bertz CT molecular complexity index is 181. The molecular formula is C8H18N4S. The van der Waals surface area contributed by atoms with Crippen LogP contribution in [0.4, 0.5) is 0 Å². The van der Waals surface area contributed by atoms with Crippen molar-refractivity contribution in [3.05, 3.63) is 0 Å². The van der Waals surface area contributed by atoms with Gasteiger partial charge in [0.25, 0.3) is 0 Å². The van der Waals surface area contributed by atoms with Gasteiger partial charge in [-0.25, -0.2) is 0 Å². The number of likely N-dealkylation sites (tertiary alicyclic amines) is 1. The first-order valence-electron chi connectivity index (χ1n) is 4.55. The lowest BCUT2D eigenvalue weighted by molar-refractivity contribution is 0.274. The molecule has 4 N–H and O–H groups in total. The Labute approximate surface area is 83.7 Å². The zero-order valence-corrected chi connectivity index (χ0v) is 8.89. The molecule has 0 bridgehead atoms. The van der Waals surface area contributed by atoms with Crippen molar-refractivity contribution in [3.63, 3.8) is 0 Å². The van der Waals surface area contributed by atoms with E-state index in [1.807, 2.05) is 11.8 Å². The van der Waals surface area contributed by atoms with Gasteiger partial charge in [0.15, 0.2) is 0 Å². The average molecular weight is 202 g/mol. The van der Waals surface area contributed by atoms with Crippen LogP contribution in [0, 0.1) is 5.92 Å². The summed E-state index contributed by atoms with van der Waals surface area (Å²) >= 11 is 1.89. The van der Waals surface area contributed by atoms with Crippen LogP contribution in [-0.2, 0) is 0 Å². The van der Waals surface area contributed by atoms with E-state index in [4.69, 9.17) is 11.6 Å². The van der Waals surface area contributed by atoms with Crippen molar-refractivity contribution in [2.75, 3.05) is 25.1 Å². The van der Waals surface area contributed by atoms with Gasteiger partial charge in [-0.3, -0.25) is 0 Å². The van der Waals surface area contributed by atoms with Crippen LogP contribution in [-0.4, -0.2) is 36.0 Å². The normalized spacial score (nSPS) is 24.8. The minimum absolute atomic E-state index is 0.478. The van der Waals surface area contributed by atoms with E-state index >= 15 is 0 Å². The third-order valence-corrected chi connectivity index (χ3v) is 3.18. The molecule has 1 fully saturated rings. The largest absolute Gasteiger partial charge is 0.368 e. The Kier molecular flexibility index (Phi) is 4.21. The Morgan fingerprint density at radius 2 is 2.46 bits per heavy atom. The van der Waals surface area contributed by atoms with Gasteiger partial charge in [0.2, 0.25) is 5.96 Å². The molecule has 1 rings (SSSR count). The van der Waals surface area contributed by atoms with Crippen LogP contribution in [0.15, 0.2) is 5.10 Å². The number of hydrogen-bond acceptors (Lipinski definition) is 3. The van der Waals surface area contributed by atoms with Crippen molar-refractivity contribution in [1.29, 1.82) is 0 Å². The number of guanidine groups is 1. The molecule has 4 nitrogen and oxygen atoms in total. The van der Waals surface area contributed by atoms with Gasteiger partial charge >= 0.3 is 0 Å². The van der Waals surface area contributed by atoms with Crippen molar-refractivity contribution < 1.29 is 0 Å². The molecule has 1 saturated heterocycles. The summed E-state index contributed by atoms with van der Waals surface area (Å²) in [5, 5.41) is 3.52. The van der Waals surface area contributed by atoms with Crippen molar-refractivity contribution in [2.45, 2.75) is 12.8 Å². The number of thioether (sulfide) groups is 1. The quantitative estimate of drug-likeness (QED) is 0.291. The number of nitrogens with two attached hydrogens (primary N) is 2. The van der Waals surface area contributed by atoms with Crippen molar-refractivity contribution in [2.24, 2.45) is 22.6 Å². The molecule has 0 aliphatic carbocycles. The first-order chi connectivity index (χ1) is 6.27. The van der Waals surface area contributed by atoms with Gasteiger partial charge in [-0.05, 0) is 30.8 Å². The first kappa shape index (κ1) is 10.5. The molecule has 0 aromatic carbocycles. The van der Waals surface area contributed by atoms with Gasteiger partial charge in [0, 0.05) is 13.1 Å². The lowest BCUT2D eigenvalue weighted by Crippen LogP contribution is -2.45. The van der Waals surface area contributed by atoms with Gasteiger partial charge in [0.1, 0.15) is 0 Å². The predicted molar refractivity (Wildman–Crippen MR) is 58.5 cm³/mol. The molecule has 1 atom stereocenters. The summed E-state index contributed by atoms with van der Waals surface area (Å²) in [6.45, 7) is 2.00. The summed E-state index contributed by atoms with van der Waals surface area (Å²) in [6.07, 6.45) is 4.63. The number of rotatable bonds is 2. The van der Waals surface area contributed by atoms with Crippen molar-refractivity contribution in [3.8, 4) is 0 Å². The molecule has 0 aromatic heterocycles. The van der Waals surface area contributed by atoms with Crippen LogP contribution in [0.2, 0.25) is 0 Å². The minimum Gasteiger partial charge on any atom is -0.368 e. The fourth-order valence-electron chi connectivity index (χ4n) is 1.73. The summed E-state index contributed by atoms with van der Waals surface area (Å²) < 4.78 is 0. The molecule has 1 unspecified atom stereocenters. The maximum Gasteiger partial charge on any atom is 0.213 e. The third kappa shape index (κ3) is 2.99. The molecule has 0 spiro atoms. The van der Waals surface area contributed by atoms with Crippen LogP contribution >= 0.6 is 11.8 Å². The van der Waals surface area contributed by atoms with Gasteiger partial charge in [-0.15, -0.1) is 5.10 Å². The van der Waals surface area contributed by atoms with E-state index in [9.17, 15) is 0 Å². The standard InChI is InChI=1S/C8H18N4S/c1-13-6-7-3-2-4-12(5-7)8(9)11-10/h7H,2-6,10H2,1H3,(H2,9,11). The van der Waals surface area contributed by atoms with Crippen LogP contribution in [0.1, 0.15) is 12.8 Å². The Morgan fingerprint density at radius 1 is 1.69 bits per heavy atom. The second-order valence-electron chi connectivity index (χ2n) is 3.40. The van der Waals surface area contributed by atoms with E-state index in [0.29, 0.717) is 5.96 Å². The third-order valence-electron chi connectivity index (χ3n) is 2.38. The van der Waals surface area contributed by atoms with Crippen molar-refractivity contribution >= 4 is 17.7 Å². The highest BCUT2D eigenvalue weighted by Crippen LogP contribution is 2.19. The average Bonchev–Trinajstić information content (AvgIpc) is 2.18. The molecule has 0 radical (unpaired) electrons. The molecule has 1 aliphatic rings. The van der Waals surface area contributed by atoms with Gasteiger partial charge in [-0.1, -0.05) is 0 Å². The smallest absolute Gasteiger partial charge is 0.213 e. The van der Waals surface area contributed by atoms with E-state index in [1.54, 1.807) is 0 Å². The summed E-state index contributed by atoms with van der Waals surface area (Å²) in [5.74, 6) is 7.56. The Balaban J connectivity index is 2.41. The molecule has 13 heavy (non-hydrogen) atoms. The fourth-order valence-corrected chi connectivity index (χ4v) is 2.47. The first-order valence-corrected chi connectivity index (χ1v) is 5.94. The zero-order valence-electron chi connectivity index (χ0n) is 8.07. The van der Waals surface area contributed by atoms with Crippen LogP contribution in [0.5, 0.6) is 0 Å². The molecular weight excluding hydrogens is 184 g/mol. The number of hydrazone groups is 1. The van der Waals surface area contributed by atoms with Crippen LogP contribution in [0.3, 0.4) is 0 Å². The molecule has 76 valence electrons. The van der Waals surface area contributed by atoms with E-state index in [2.05, 4.69) is 16.3 Å². The summed E-state index contributed by atoms with van der Waals surface area (Å²) in [5.41, 5.74) is 5.65. The molecule has 0 aromatic rings. The zero-order chi connectivity index (χ0) is 9.68. The molecule has 5 heteroatoms. The molecule has 1 aliphatic heterocycles. The fraction of sp³-hybridized carbons (Fsp3) is 0.875. The molecule has 1 heterocycles. The van der Waals surface area contributed by atoms with E-state index in [-0.39, 0.29) is 0 Å². The number of nitrogens with zero attached hydrogens (tertiary/aromatic N) is 2. The number of piperidine rings is 1. The van der Waals surface area contributed by atoms with E-state index < -0.39 is 0 Å². The summed E-state index contributed by atoms with van der Waals surface area (Å²) in [6, 6.07) is 0. The molecule has 0 amide bonds. The van der Waals surface area contributed by atoms with Crippen LogP contribution < -0.4 is 11.6 Å². The SMILES string of the molecule is CSCC1CCCN(/C(N)=N/N)C1. The Hall–Kier alpha value is -0.580. The highest BCUT2D eigenvalue weighted by Gasteiger charge is 2.20. The maximum absolute atomic E-state index is 5.65.